The van der Waals surface area contributed by atoms with E-state index in [0.29, 0.717) is 30.8 Å². The lowest BCUT2D eigenvalue weighted by molar-refractivity contribution is -0.133. The van der Waals surface area contributed by atoms with Crippen molar-refractivity contribution in [1.82, 2.24) is 15.5 Å². The van der Waals surface area contributed by atoms with E-state index in [4.69, 9.17) is 4.74 Å². The van der Waals surface area contributed by atoms with Crippen LogP contribution in [0.2, 0.25) is 0 Å². The molecule has 2 atom stereocenters. The van der Waals surface area contributed by atoms with Gasteiger partial charge in [0.15, 0.2) is 0 Å². The van der Waals surface area contributed by atoms with E-state index in [1.165, 1.54) is 6.92 Å². The number of methoxy groups -OCH3 is 1. The van der Waals surface area contributed by atoms with Gasteiger partial charge in [-0.1, -0.05) is 42.5 Å². The summed E-state index contributed by atoms with van der Waals surface area (Å²) >= 11 is 0. The first kappa shape index (κ1) is 23.8. The Labute approximate surface area is 188 Å². The maximum absolute atomic E-state index is 12.6. The molecule has 1 fully saturated rings. The highest BCUT2D eigenvalue weighted by Crippen LogP contribution is 2.28. The van der Waals surface area contributed by atoms with E-state index in [9.17, 15) is 19.6 Å². The molecule has 1 heterocycles. The van der Waals surface area contributed by atoms with Gasteiger partial charge < -0.3 is 30.3 Å². The minimum atomic E-state index is -1.55. The molecule has 2 aromatic rings. The monoisotopic (exact) mass is 439 g/mol. The van der Waals surface area contributed by atoms with Gasteiger partial charge in [-0.25, -0.2) is 0 Å². The summed E-state index contributed by atoms with van der Waals surface area (Å²) in [5.41, 5.74) is 2.36. The van der Waals surface area contributed by atoms with Crippen molar-refractivity contribution in [1.29, 1.82) is 0 Å². The van der Waals surface area contributed by atoms with Gasteiger partial charge in [-0.2, -0.15) is 0 Å². The lowest BCUT2D eigenvalue weighted by atomic mass is 9.79. The summed E-state index contributed by atoms with van der Waals surface area (Å²) in [4.78, 5) is 25.6. The molecule has 170 valence electrons. The molecule has 0 saturated carbocycles. The van der Waals surface area contributed by atoms with Crippen LogP contribution in [-0.2, 0) is 16.1 Å². The van der Waals surface area contributed by atoms with E-state index in [2.05, 4.69) is 22.8 Å². The van der Waals surface area contributed by atoms with Crippen molar-refractivity contribution >= 4 is 24.4 Å². The van der Waals surface area contributed by atoms with Crippen molar-refractivity contribution in [3.63, 3.8) is 0 Å². The number of ether oxygens (including phenoxy) is 1. The fraction of sp³-hybridized carbons (Fsp3) is 0.391. The van der Waals surface area contributed by atoms with Gasteiger partial charge in [-0.15, -0.1) is 0 Å². The lowest BCUT2D eigenvalue weighted by Crippen LogP contribution is -2.51. The fourth-order valence-corrected chi connectivity index (χ4v) is 4.11. The van der Waals surface area contributed by atoms with Crippen LogP contribution >= 0.6 is 0 Å². The zero-order chi connectivity index (χ0) is 23.1. The molecular weight excluding hydrogens is 409 g/mol. The van der Waals surface area contributed by atoms with E-state index in [-0.39, 0.29) is 30.3 Å². The van der Waals surface area contributed by atoms with Gasteiger partial charge in [0.2, 0.25) is 11.8 Å². The fourth-order valence-electron chi connectivity index (χ4n) is 4.11. The number of benzene rings is 2. The topological polar surface area (TPSA) is 111 Å². The quantitative estimate of drug-likeness (QED) is 0.431. The predicted octanol–water partition coefficient (Wildman–Crippen LogP) is -0.0146. The molecule has 0 radical (unpaired) electrons. The molecule has 2 aromatic carbocycles. The predicted molar refractivity (Wildman–Crippen MR) is 123 cm³/mol. The summed E-state index contributed by atoms with van der Waals surface area (Å²) in [6.07, 6.45) is 0.746. The molecule has 1 saturated heterocycles. The first-order chi connectivity index (χ1) is 15.4. The highest BCUT2D eigenvalue weighted by atomic mass is 16.5. The van der Waals surface area contributed by atoms with Crippen LogP contribution in [0.3, 0.4) is 0 Å². The number of hydrogen-bond acceptors (Lipinski definition) is 6. The summed E-state index contributed by atoms with van der Waals surface area (Å²) in [6.45, 7) is 3.02. The normalized spacial score (nSPS) is 18.2. The number of amides is 2. The average Bonchev–Trinajstić information content (AvgIpc) is 2.81. The number of nitrogens with one attached hydrogen (secondary N) is 2. The maximum atomic E-state index is 12.6. The first-order valence-corrected chi connectivity index (χ1v) is 10.7. The number of carbonyl (C=O) groups is 2. The van der Waals surface area contributed by atoms with Crippen molar-refractivity contribution in [2.24, 2.45) is 0 Å². The van der Waals surface area contributed by atoms with Crippen molar-refractivity contribution in [2.75, 3.05) is 26.7 Å². The summed E-state index contributed by atoms with van der Waals surface area (Å²) in [5.74, 6) is 0.425. The van der Waals surface area contributed by atoms with Gasteiger partial charge >= 0.3 is 7.12 Å². The molecule has 0 unspecified atom stereocenters. The van der Waals surface area contributed by atoms with Crippen LogP contribution in [0.5, 0.6) is 5.75 Å². The second-order valence-electron chi connectivity index (χ2n) is 7.99. The summed E-state index contributed by atoms with van der Waals surface area (Å²) in [5, 5.41) is 25.2. The molecule has 0 bridgehead atoms. The zero-order valence-electron chi connectivity index (χ0n) is 18.5. The molecule has 32 heavy (non-hydrogen) atoms. The minimum absolute atomic E-state index is 0.00240. The first-order valence-electron chi connectivity index (χ1n) is 10.7. The number of piperidine rings is 1. The third-order valence-corrected chi connectivity index (χ3v) is 5.84. The van der Waals surface area contributed by atoms with Gasteiger partial charge in [0.1, 0.15) is 5.75 Å². The molecule has 0 aromatic heterocycles. The van der Waals surface area contributed by atoms with E-state index in [0.717, 1.165) is 17.5 Å². The molecule has 2 amide bonds. The Morgan fingerprint density at radius 1 is 1.19 bits per heavy atom. The number of rotatable bonds is 8. The molecule has 0 aliphatic carbocycles. The Kier molecular flexibility index (Phi) is 8.27. The SMILES string of the molecule is COc1ccc(B(O)O)cc1CN[C@H]1CCN(C(=O)CNC(C)=O)C[C@H]1c1ccccc1. The largest absolute Gasteiger partial charge is 0.496 e. The third-order valence-electron chi connectivity index (χ3n) is 5.84. The van der Waals surface area contributed by atoms with E-state index in [1.807, 2.05) is 18.2 Å². The Hall–Kier alpha value is -2.88. The number of likely N-dealkylation sites (tertiary alicyclic amines) is 1. The number of nitrogens with zero attached hydrogens (tertiary/aromatic N) is 1. The second kappa shape index (κ2) is 11.1. The van der Waals surface area contributed by atoms with Gasteiger partial charge in [0.05, 0.1) is 13.7 Å². The van der Waals surface area contributed by atoms with E-state index in [1.54, 1.807) is 30.2 Å². The lowest BCUT2D eigenvalue weighted by Gasteiger charge is -2.39. The Morgan fingerprint density at radius 3 is 2.59 bits per heavy atom. The van der Waals surface area contributed by atoms with Gasteiger partial charge in [0.25, 0.3) is 0 Å². The summed E-state index contributed by atoms with van der Waals surface area (Å²) in [6, 6.07) is 15.2. The van der Waals surface area contributed by atoms with Crippen LogP contribution in [-0.4, -0.2) is 66.7 Å². The van der Waals surface area contributed by atoms with Crippen LogP contribution in [0.1, 0.15) is 30.4 Å². The summed E-state index contributed by atoms with van der Waals surface area (Å²) < 4.78 is 5.44. The van der Waals surface area contributed by atoms with Crippen molar-refractivity contribution in [3.05, 3.63) is 59.7 Å². The van der Waals surface area contributed by atoms with Crippen molar-refractivity contribution in [2.45, 2.75) is 31.8 Å². The van der Waals surface area contributed by atoms with Crippen molar-refractivity contribution < 1.29 is 24.4 Å². The zero-order valence-corrected chi connectivity index (χ0v) is 18.5. The highest BCUT2D eigenvalue weighted by molar-refractivity contribution is 6.58. The standard InChI is InChI=1S/C23H30BN3O5/c1-16(28)25-14-23(29)27-11-10-21(20(15-27)17-6-4-3-5-7-17)26-13-18-12-19(24(30)31)8-9-22(18)32-2/h3-9,12,20-21,26,30-31H,10-11,13-15H2,1-2H3,(H,25,28)/t20-,21-/m0/s1. The third kappa shape index (κ3) is 6.09. The minimum Gasteiger partial charge on any atom is -0.496 e. The Balaban J connectivity index is 1.75. The molecule has 1 aliphatic heterocycles. The van der Waals surface area contributed by atoms with Gasteiger partial charge in [-0.3, -0.25) is 9.59 Å². The smallest absolute Gasteiger partial charge is 0.488 e. The number of carbonyl (C=O) groups excluding carboxylic acids is 2. The van der Waals surface area contributed by atoms with Crippen LogP contribution in [0.4, 0.5) is 0 Å². The van der Waals surface area contributed by atoms with Crippen LogP contribution < -0.4 is 20.8 Å². The van der Waals surface area contributed by atoms with E-state index < -0.39 is 7.12 Å². The van der Waals surface area contributed by atoms with E-state index >= 15 is 0 Å². The average molecular weight is 439 g/mol. The van der Waals surface area contributed by atoms with Crippen LogP contribution in [0.25, 0.3) is 0 Å². The van der Waals surface area contributed by atoms with Gasteiger partial charge in [-0.05, 0) is 23.5 Å². The molecule has 1 aliphatic rings. The Bertz CT molecular complexity index is 925. The van der Waals surface area contributed by atoms with Crippen molar-refractivity contribution in [3.8, 4) is 5.75 Å². The maximum Gasteiger partial charge on any atom is 0.488 e. The second-order valence-corrected chi connectivity index (χ2v) is 7.99. The molecule has 0 spiro atoms. The van der Waals surface area contributed by atoms with Crippen LogP contribution in [0.15, 0.2) is 48.5 Å². The highest BCUT2D eigenvalue weighted by Gasteiger charge is 2.32. The Morgan fingerprint density at radius 2 is 1.94 bits per heavy atom. The molecule has 9 heteroatoms. The van der Waals surface area contributed by atoms with Crippen LogP contribution in [0, 0.1) is 0 Å². The molecule has 8 nitrogen and oxygen atoms in total. The summed E-state index contributed by atoms with van der Waals surface area (Å²) in [7, 11) is 0.0365. The van der Waals surface area contributed by atoms with Gasteiger partial charge in [0, 0.05) is 44.1 Å². The molecule has 3 rings (SSSR count). The molecular formula is C23H30BN3O5. The molecule has 4 N–H and O–H groups in total. The number of hydrogen-bond donors (Lipinski definition) is 4.